The van der Waals surface area contributed by atoms with Crippen molar-refractivity contribution >= 4 is 10.0 Å². The van der Waals surface area contributed by atoms with Crippen molar-refractivity contribution in [2.24, 2.45) is 0 Å². The number of nitrogens with zero attached hydrogens (tertiary/aromatic N) is 3. The third-order valence-corrected chi connectivity index (χ3v) is 6.41. The van der Waals surface area contributed by atoms with E-state index in [4.69, 9.17) is 4.52 Å². The molecule has 2 heterocycles. The van der Waals surface area contributed by atoms with Crippen LogP contribution in [0.25, 0.3) is 0 Å². The van der Waals surface area contributed by atoms with E-state index in [0.29, 0.717) is 37.6 Å². The fourth-order valence-corrected chi connectivity index (χ4v) is 4.54. The average molecular weight is 363 g/mol. The van der Waals surface area contributed by atoms with Crippen molar-refractivity contribution in [2.45, 2.75) is 38.1 Å². The van der Waals surface area contributed by atoms with Crippen LogP contribution in [-0.2, 0) is 23.0 Å². The molecule has 0 amide bonds. The molecule has 1 aromatic carbocycles. The second kappa shape index (κ2) is 7.68. The standard InChI is InChI=1S/C18H25N3O3S/c1-3-4-16-5-7-18(8-6-16)25(22,23)21-11-9-20(10-12-21)14-17-13-15(2)24-19-17/h5-8,13H,3-4,9-12,14H2,1-2H3. The lowest BCUT2D eigenvalue weighted by atomic mass is 10.1. The van der Waals surface area contributed by atoms with Gasteiger partial charge in [0.2, 0.25) is 10.0 Å². The largest absolute Gasteiger partial charge is 0.361 e. The van der Waals surface area contributed by atoms with Gasteiger partial charge in [-0.2, -0.15) is 4.31 Å². The number of benzene rings is 1. The van der Waals surface area contributed by atoms with E-state index in [2.05, 4.69) is 17.0 Å². The minimum atomic E-state index is -3.41. The van der Waals surface area contributed by atoms with Gasteiger partial charge in [-0.25, -0.2) is 8.42 Å². The molecule has 7 heteroatoms. The predicted octanol–water partition coefficient (Wildman–Crippen LogP) is 2.44. The fraction of sp³-hybridized carbons (Fsp3) is 0.500. The minimum absolute atomic E-state index is 0.382. The highest BCUT2D eigenvalue weighted by molar-refractivity contribution is 7.89. The molecule has 1 aliphatic heterocycles. The molecule has 3 rings (SSSR count). The smallest absolute Gasteiger partial charge is 0.243 e. The summed E-state index contributed by atoms with van der Waals surface area (Å²) in [6.45, 7) is 7.05. The monoisotopic (exact) mass is 363 g/mol. The molecule has 25 heavy (non-hydrogen) atoms. The van der Waals surface area contributed by atoms with Crippen molar-refractivity contribution in [3.05, 3.63) is 47.3 Å². The molecule has 0 N–H and O–H groups in total. The van der Waals surface area contributed by atoms with Crippen LogP contribution in [0.3, 0.4) is 0 Å². The Bertz CT molecular complexity index is 791. The summed E-state index contributed by atoms with van der Waals surface area (Å²) in [5.41, 5.74) is 2.06. The molecule has 0 atom stereocenters. The Hall–Kier alpha value is -1.70. The molecule has 0 unspecified atom stereocenters. The van der Waals surface area contributed by atoms with Crippen LogP contribution in [-0.4, -0.2) is 49.0 Å². The molecule has 6 nitrogen and oxygen atoms in total. The van der Waals surface area contributed by atoms with Gasteiger partial charge in [0.15, 0.2) is 0 Å². The highest BCUT2D eigenvalue weighted by Gasteiger charge is 2.28. The van der Waals surface area contributed by atoms with Crippen LogP contribution < -0.4 is 0 Å². The molecule has 136 valence electrons. The van der Waals surface area contributed by atoms with Crippen molar-refractivity contribution in [1.29, 1.82) is 0 Å². The number of rotatable bonds is 6. The number of aromatic nitrogens is 1. The summed E-state index contributed by atoms with van der Waals surface area (Å²) in [5, 5.41) is 4.00. The summed E-state index contributed by atoms with van der Waals surface area (Å²) in [6.07, 6.45) is 2.03. The third kappa shape index (κ3) is 4.29. The van der Waals surface area contributed by atoms with Crippen LogP contribution in [0.5, 0.6) is 0 Å². The van der Waals surface area contributed by atoms with Gasteiger partial charge >= 0.3 is 0 Å². The molecular weight excluding hydrogens is 338 g/mol. The van der Waals surface area contributed by atoms with Crippen LogP contribution in [0, 0.1) is 6.92 Å². The van der Waals surface area contributed by atoms with Crippen molar-refractivity contribution in [3.8, 4) is 0 Å². The summed E-state index contributed by atoms with van der Waals surface area (Å²) < 4.78 is 32.3. The highest BCUT2D eigenvalue weighted by Crippen LogP contribution is 2.19. The molecule has 0 saturated carbocycles. The number of aryl methyl sites for hydroxylation is 2. The summed E-state index contributed by atoms with van der Waals surface area (Å²) in [5.74, 6) is 0.794. The second-order valence-electron chi connectivity index (χ2n) is 6.50. The van der Waals surface area contributed by atoms with Crippen molar-refractivity contribution in [3.63, 3.8) is 0 Å². The van der Waals surface area contributed by atoms with Gasteiger partial charge in [0, 0.05) is 38.8 Å². The minimum Gasteiger partial charge on any atom is -0.361 e. The Kier molecular flexibility index (Phi) is 5.56. The topological polar surface area (TPSA) is 66.7 Å². The maximum atomic E-state index is 12.8. The Balaban J connectivity index is 1.60. The van der Waals surface area contributed by atoms with E-state index in [1.807, 2.05) is 25.1 Å². The third-order valence-electron chi connectivity index (χ3n) is 4.49. The summed E-state index contributed by atoms with van der Waals surface area (Å²) in [6, 6.07) is 9.20. The molecule has 2 aromatic rings. The number of sulfonamides is 1. The van der Waals surface area contributed by atoms with E-state index < -0.39 is 10.0 Å². The van der Waals surface area contributed by atoms with Crippen molar-refractivity contribution in [1.82, 2.24) is 14.4 Å². The lowest BCUT2D eigenvalue weighted by Crippen LogP contribution is -2.48. The van der Waals surface area contributed by atoms with E-state index in [1.54, 1.807) is 16.4 Å². The Labute approximate surface area is 149 Å². The van der Waals surface area contributed by atoms with E-state index >= 15 is 0 Å². The maximum absolute atomic E-state index is 12.8. The summed E-state index contributed by atoms with van der Waals surface area (Å²) in [7, 11) is -3.41. The highest BCUT2D eigenvalue weighted by atomic mass is 32.2. The first kappa shape index (κ1) is 18.1. The van der Waals surface area contributed by atoms with Gasteiger partial charge in [-0.1, -0.05) is 30.6 Å². The van der Waals surface area contributed by atoms with Gasteiger partial charge in [-0.05, 0) is 31.0 Å². The molecule has 0 aliphatic carbocycles. The molecular formula is C18H25N3O3S. The quantitative estimate of drug-likeness (QED) is 0.789. The first-order chi connectivity index (χ1) is 12.0. The molecule has 1 aromatic heterocycles. The lowest BCUT2D eigenvalue weighted by molar-refractivity contribution is 0.177. The van der Waals surface area contributed by atoms with E-state index in [0.717, 1.165) is 24.3 Å². The number of hydrogen-bond acceptors (Lipinski definition) is 5. The Morgan fingerprint density at radius 3 is 2.36 bits per heavy atom. The maximum Gasteiger partial charge on any atom is 0.243 e. The van der Waals surface area contributed by atoms with Crippen LogP contribution in [0.15, 0.2) is 39.8 Å². The second-order valence-corrected chi connectivity index (χ2v) is 8.44. The van der Waals surface area contributed by atoms with Crippen molar-refractivity contribution in [2.75, 3.05) is 26.2 Å². The van der Waals surface area contributed by atoms with Gasteiger partial charge in [0.1, 0.15) is 5.76 Å². The summed E-state index contributed by atoms with van der Waals surface area (Å²) in [4.78, 5) is 2.58. The SMILES string of the molecule is CCCc1ccc(S(=O)(=O)N2CCN(Cc3cc(C)on3)CC2)cc1. The zero-order chi connectivity index (χ0) is 17.9. The predicted molar refractivity (Wildman–Crippen MR) is 95.7 cm³/mol. The average Bonchev–Trinajstić information content (AvgIpc) is 3.01. The van der Waals surface area contributed by atoms with E-state index in [9.17, 15) is 8.42 Å². The molecule has 1 fully saturated rings. The zero-order valence-electron chi connectivity index (χ0n) is 14.8. The van der Waals surface area contributed by atoms with Gasteiger partial charge in [-0.3, -0.25) is 4.90 Å². The molecule has 0 spiro atoms. The summed E-state index contributed by atoms with van der Waals surface area (Å²) >= 11 is 0. The lowest BCUT2D eigenvalue weighted by Gasteiger charge is -2.33. The zero-order valence-corrected chi connectivity index (χ0v) is 15.6. The number of hydrogen-bond donors (Lipinski definition) is 0. The fourth-order valence-electron chi connectivity index (χ4n) is 3.12. The van der Waals surface area contributed by atoms with Crippen molar-refractivity contribution < 1.29 is 12.9 Å². The normalized spacial score (nSPS) is 17.0. The van der Waals surface area contributed by atoms with Crippen LogP contribution in [0.4, 0.5) is 0 Å². The van der Waals surface area contributed by atoms with Gasteiger partial charge in [-0.15, -0.1) is 0 Å². The molecule has 1 saturated heterocycles. The van der Waals surface area contributed by atoms with Crippen LogP contribution in [0.1, 0.15) is 30.4 Å². The van der Waals surface area contributed by atoms with E-state index in [1.165, 1.54) is 5.56 Å². The number of piperazine rings is 1. The Morgan fingerprint density at radius 1 is 1.12 bits per heavy atom. The molecule has 0 radical (unpaired) electrons. The van der Waals surface area contributed by atoms with Crippen LogP contribution in [0.2, 0.25) is 0 Å². The van der Waals surface area contributed by atoms with Gasteiger partial charge in [0.05, 0.1) is 10.6 Å². The first-order valence-electron chi connectivity index (χ1n) is 8.72. The molecule has 1 aliphatic rings. The molecule has 0 bridgehead atoms. The Morgan fingerprint density at radius 2 is 1.80 bits per heavy atom. The van der Waals surface area contributed by atoms with Gasteiger partial charge < -0.3 is 4.52 Å². The van der Waals surface area contributed by atoms with Gasteiger partial charge in [0.25, 0.3) is 0 Å². The first-order valence-corrected chi connectivity index (χ1v) is 10.2. The van der Waals surface area contributed by atoms with Crippen LogP contribution >= 0.6 is 0 Å². The van der Waals surface area contributed by atoms with E-state index in [-0.39, 0.29) is 0 Å².